The lowest BCUT2D eigenvalue weighted by molar-refractivity contribution is -0.142. The molecule has 3 heterocycles. The number of pyridine rings is 2. The van der Waals surface area contributed by atoms with Crippen LogP contribution < -0.4 is 0 Å². The highest BCUT2D eigenvalue weighted by molar-refractivity contribution is 5.53. The van der Waals surface area contributed by atoms with Crippen LogP contribution in [-0.4, -0.2) is 21.0 Å². The number of aliphatic hydroxyl groups is 1. The first-order valence-electron chi connectivity index (χ1n) is 12.5. The maximum Gasteiger partial charge on any atom is 0.417 e. The molecular weight excluding hydrogens is 479 g/mol. The van der Waals surface area contributed by atoms with Crippen molar-refractivity contribution in [3.8, 4) is 0 Å². The first-order valence-corrected chi connectivity index (χ1v) is 12.5. The summed E-state index contributed by atoms with van der Waals surface area (Å²) in [6.07, 6.45) is -4.97. The molecule has 5 rings (SSSR count). The summed E-state index contributed by atoms with van der Waals surface area (Å²) in [5.41, 5.74) is 1.62. The average Bonchev–Trinajstić information content (AvgIpc) is 3.09. The van der Waals surface area contributed by atoms with Crippen LogP contribution in [0.2, 0.25) is 0 Å². The molecule has 0 saturated heterocycles. The van der Waals surface area contributed by atoms with Gasteiger partial charge in [-0.3, -0.25) is 9.97 Å². The Labute approximate surface area is 207 Å². The van der Waals surface area contributed by atoms with Crippen LogP contribution in [0.5, 0.6) is 0 Å². The van der Waals surface area contributed by atoms with Gasteiger partial charge < -0.3 is 9.84 Å². The Morgan fingerprint density at radius 3 is 2.28 bits per heavy atom. The molecule has 1 spiro atoms. The first kappa shape index (κ1) is 25.5. The highest BCUT2D eigenvalue weighted by atomic mass is 19.4. The van der Waals surface area contributed by atoms with Gasteiger partial charge in [-0.2, -0.15) is 13.2 Å². The number of aliphatic hydroxyl groups excluding tert-OH is 1. The second kappa shape index (κ2) is 8.18. The van der Waals surface area contributed by atoms with Gasteiger partial charge in [-0.25, -0.2) is 8.78 Å². The van der Waals surface area contributed by atoms with Crippen LogP contribution in [0.4, 0.5) is 22.0 Å². The number of alkyl halides is 5. The topological polar surface area (TPSA) is 55.2 Å². The standard InChI is InChI=1S/C27H31F5N2O2/c1-14(2)22-20-21(19-17(34-22)11-24(3,4)12-18(19)35)25(7-9-26(28,29)10-8-25)36-23(20)16-6-5-15(13-33-16)27(30,31)32/h5-6,13-14,18,23,35H,7-12H2,1-4H3. The zero-order valence-electron chi connectivity index (χ0n) is 20.8. The molecule has 2 unspecified atom stereocenters. The SMILES string of the molecule is CC(C)c1nc2c(c3c1C(c1ccc(C(F)(F)F)cn1)OC31CCC(F)(F)CC1)C(O)CC(C)(C)C2. The fraction of sp³-hybridized carbons (Fsp3) is 0.630. The van der Waals surface area contributed by atoms with Crippen LogP contribution >= 0.6 is 0 Å². The van der Waals surface area contributed by atoms with E-state index in [0.29, 0.717) is 29.5 Å². The highest BCUT2D eigenvalue weighted by Crippen LogP contribution is 2.60. The van der Waals surface area contributed by atoms with E-state index in [0.717, 1.165) is 23.7 Å². The van der Waals surface area contributed by atoms with E-state index >= 15 is 0 Å². The fourth-order valence-electron chi connectivity index (χ4n) is 6.19. The molecule has 4 nitrogen and oxygen atoms in total. The molecule has 2 aromatic rings. The lowest BCUT2D eigenvalue weighted by Crippen LogP contribution is -2.38. The summed E-state index contributed by atoms with van der Waals surface area (Å²) in [5.74, 6) is -2.87. The first-order chi connectivity index (χ1) is 16.6. The predicted octanol–water partition coefficient (Wildman–Crippen LogP) is 7.15. The second-order valence-electron chi connectivity index (χ2n) is 11.7. The van der Waals surface area contributed by atoms with Crippen molar-refractivity contribution in [3.05, 3.63) is 57.7 Å². The van der Waals surface area contributed by atoms with E-state index in [9.17, 15) is 27.1 Å². The van der Waals surface area contributed by atoms with Gasteiger partial charge in [-0.1, -0.05) is 27.7 Å². The van der Waals surface area contributed by atoms with E-state index in [1.807, 2.05) is 13.8 Å². The number of hydrogen-bond acceptors (Lipinski definition) is 4. The minimum absolute atomic E-state index is 0.0498. The Morgan fingerprint density at radius 1 is 1.06 bits per heavy atom. The lowest BCUT2D eigenvalue weighted by Gasteiger charge is -2.41. The van der Waals surface area contributed by atoms with E-state index in [1.165, 1.54) is 6.07 Å². The quantitative estimate of drug-likeness (QED) is 0.436. The number of fused-ring (bicyclic) bond motifs is 4. The maximum absolute atomic E-state index is 14.3. The zero-order chi connectivity index (χ0) is 26.3. The average molecular weight is 511 g/mol. The normalized spacial score (nSPS) is 26.2. The third-order valence-corrected chi connectivity index (χ3v) is 7.89. The molecule has 196 valence electrons. The van der Waals surface area contributed by atoms with Gasteiger partial charge in [0.1, 0.15) is 6.10 Å². The Balaban J connectivity index is 1.73. The Kier molecular flexibility index (Phi) is 5.80. The van der Waals surface area contributed by atoms with Crippen molar-refractivity contribution in [1.29, 1.82) is 0 Å². The molecule has 1 saturated carbocycles. The molecule has 1 aliphatic heterocycles. The van der Waals surface area contributed by atoms with Crippen molar-refractivity contribution in [3.63, 3.8) is 0 Å². The van der Waals surface area contributed by atoms with Crippen molar-refractivity contribution in [2.24, 2.45) is 5.41 Å². The molecule has 0 amide bonds. The fourth-order valence-corrected chi connectivity index (χ4v) is 6.19. The summed E-state index contributed by atoms with van der Waals surface area (Å²) in [7, 11) is 0. The molecule has 1 fully saturated rings. The minimum Gasteiger partial charge on any atom is -0.388 e. The highest BCUT2D eigenvalue weighted by Gasteiger charge is 2.55. The smallest absolute Gasteiger partial charge is 0.388 e. The molecule has 36 heavy (non-hydrogen) atoms. The summed E-state index contributed by atoms with van der Waals surface area (Å²) >= 11 is 0. The molecule has 0 bridgehead atoms. The van der Waals surface area contributed by atoms with E-state index in [2.05, 4.69) is 18.8 Å². The van der Waals surface area contributed by atoms with Gasteiger partial charge in [0.05, 0.1) is 23.0 Å². The van der Waals surface area contributed by atoms with Crippen molar-refractivity contribution in [2.75, 3.05) is 0 Å². The monoisotopic (exact) mass is 510 g/mol. The molecule has 0 radical (unpaired) electrons. The Hall–Kier alpha value is -2.13. The zero-order valence-corrected chi connectivity index (χ0v) is 20.8. The number of halogens is 5. The summed E-state index contributed by atoms with van der Waals surface area (Å²) in [5, 5.41) is 11.3. The van der Waals surface area contributed by atoms with E-state index in [1.54, 1.807) is 0 Å². The Morgan fingerprint density at radius 2 is 1.72 bits per heavy atom. The van der Waals surface area contributed by atoms with Gasteiger partial charge in [0.15, 0.2) is 0 Å². The van der Waals surface area contributed by atoms with Crippen LogP contribution in [0, 0.1) is 5.41 Å². The van der Waals surface area contributed by atoms with Crippen molar-refractivity contribution >= 4 is 0 Å². The van der Waals surface area contributed by atoms with Crippen molar-refractivity contribution < 1.29 is 31.8 Å². The molecule has 3 aliphatic rings. The molecule has 2 aromatic heterocycles. The van der Waals surface area contributed by atoms with E-state index in [4.69, 9.17) is 9.72 Å². The predicted molar refractivity (Wildman–Crippen MR) is 123 cm³/mol. The molecule has 9 heteroatoms. The van der Waals surface area contributed by atoms with Crippen LogP contribution in [0.15, 0.2) is 18.3 Å². The van der Waals surface area contributed by atoms with E-state index < -0.39 is 35.5 Å². The second-order valence-corrected chi connectivity index (χ2v) is 11.7. The van der Waals surface area contributed by atoms with Gasteiger partial charge in [-0.05, 0) is 54.7 Å². The van der Waals surface area contributed by atoms with Crippen molar-refractivity contribution in [2.45, 2.75) is 102 Å². The van der Waals surface area contributed by atoms with Gasteiger partial charge in [0.2, 0.25) is 5.92 Å². The number of ether oxygens (including phenoxy) is 1. The Bertz CT molecular complexity index is 1160. The number of rotatable bonds is 2. The molecule has 1 N–H and O–H groups in total. The molecule has 2 aliphatic carbocycles. The van der Waals surface area contributed by atoms with Crippen molar-refractivity contribution in [1.82, 2.24) is 9.97 Å². The summed E-state index contributed by atoms with van der Waals surface area (Å²) in [6, 6.07) is 2.25. The van der Waals surface area contributed by atoms with Gasteiger partial charge in [0.25, 0.3) is 0 Å². The summed E-state index contributed by atoms with van der Waals surface area (Å²) in [6.45, 7) is 8.06. The van der Waals surface area contributed by atoms with E-state index in [-0.39, 0.29) is 42.7 Å². The van der Waals surface area contributed by atoms with Crippen LogP contribution in [0.25, 0.3) is 0 Å². The van der Waals surface area contributed by atoms with Gasteiger partial charge in [-0.15, -0.1) is 0 Å². The van der Waals surface area contributed by atoms with Gasteiger partial charge >= 0.3 is 6.18 Å². The lowest BCUT2D eigenvalue weighted by atomic mass is 9.68. The van der Waals surface area contributed by atoms with Gasteiger partial charge in [0, 0.05) is 41.6 Å². The number of hydrogen-bond donors (Lipinski definition) is 1. The molecule has 2 atom stereocenters. The largest absolute Gasteiger partial charge is 0.417 e. The number of aromatic nitrogens is 2. The molecular formula is C27H31F5N2O2. The summed E-state index contributed by atoms with van der Waals surface area (Å²) < 4.78 is 74.7. The third kappa shape index (κ3) is 4.22. The maximum atomic E-state index is 14.3. The molecule has 0 aromatic carbocycles. The minimum atomic E-state index is -4.53. The van der Waals surface area contributed by atoms with Crippen LogP contribution in [0.1, 0.15) is 117 Å². The van der Waals surface area contributed by atoms with Crippen LogP contribution in [0.3, 0.4) is 0 Å². The third-order valence-electron chi connectivity index (χ3n) is 7.89. The number of nitrogens with zero attached hydrogens (tertiary/aromatic N) is 2. The van der Waals surface area contributed by atoms with Crippen LogP contribution in [-0.2, 0) is 22.9 Å². The summed E-state index contributed by atoms with van der Waals surface area (Å²) in [4.78, 5) is 9.08.